The van der Waals surface area contributed by atoms with Gasteiger partial charge in [-0.3, -0.25) is 4.79 Å². The molecule has 1 aliphatic carbocycles. The van der Waals surface area contributed by atoms with Crippen LogP contribution in [0.4, 0.5) is 9.80 Å². The number of thiophene rings is 1. The molecule has 2 amide bonds. The summed E-state index contributed by atoms with van der Waals surface area (Å²) in [7, 11) is 1.74. The van der Waals surface area contributed by atoms with Gasteiger partial charge in [-0.05, 0) is 42.5 Å². The Morgan fingerprint density at radius 3 is 2.97 bits per heavy atom. The molecule has 0 saturated heterocycles. The molecule has 2 aromatic rings. The lowest BCUT2D eigenvalue weighted by Gasteiger charge is -2.26. The normalized spacial score (nSPS) is 15.6. The highest BCUT2D eigenvalue weighted by Gasteiger charge is 2.29. The monoisotopic (exact) mass is 427 g/mol. The molecule has 7 nitrogen and oxygen atoms in total. The number of furan rings is 1. The van der Waals surface area contributed by atoms with Gasteiger partial charge < -0.3 is 19.4 Å². The highest BCUT2D eigenvalue weighted by Crippen LogP contribution is 2.38. The van der Waals surface area contributed by atoms with Gasteiger partial charge in [0.2, 0.25) is 5.91 Å². The van der Waals surface area contributed by atoms with Gasteiger partial charge in [0.1, 0.15) is 22.9 Å². The summed E-state index contributed by atoms with van der Waals surface area (Å²) in [4.78, 5) is 27.1. The average molecular weight is 428 g/mol. The van der Waals surface area contributed by atoms with Crippen LogP contribution >= 0.6 is 11.3 Å². The fourth-order valence-electron chi connectivity index (χ4n) is 3.41. The van der Waals surface area contributed by atoms with Gasteiger partial charge in [-0.2, -0.15) is 5.26 Å². The zero-order chi connectivity index (χ0) is 21.7. The molecule has 2 aromatic heterocycles. The molecule has 158 valence electrons. The van der Waals surface area contributed by atoms with Gasteiger partial charge in [0.15, 0.2) is 0 Å². The molecule has 2 heterocycles. The van der Waals surface area contributed by atoms with Crippen molar-refractivity contribution in [3.8, 4) is 6.07 Å². The lowest BCUT2D eigenvalue weighted by Crippen LogP contribution is -2.35. The molecular formula is C22H25N3O4S. The van der Waals surface area contributed by atoms with E-state index in [1.807, 2.05) is 13.8 Å². The summed E-state index contributed by atoms with van der Waals surface area (Å²) in [5, 5.41) is 12.9. The second-order valence-electron chi connectivity index (χ2n) is 7.68. The van der Waals surface area contributed by atoms with Gasteiger partial charge in [0, 0.05) is 31.0 Å². The predicted octanol–water partition coefficient (Wildman–Crippen LogP) is 4.45. The maximum absolute atomic E-state index is 12.3. The number of hydrogen-bond donors (Lipinski definition) is 1. The molecule has 1 aliphatic rings. The smallest absolute Gasteiger partial charge is 0.409 e. The van der Waals surface area contributed by atoms with E-state index < -0.39 is 0 Å². The van der Waals surface area contributed by atoms with E-state index >= 15 is 0 Å². The molecule has 0 fully saturated rings. The summed E-state index contributed by atoms with van der Waals surface area (Å²) in [6.45, 7) is 4.73. The Kier molecular flexibility index (Phi) is 6.95. The highest BCUT2D eigenvalue weighted by molar-refractivity contribution is 7.16. The van der Waals surface area contributed by atoms with Crippen molar-refractivity contribution < 1.29 is 18.7 Å². The van der Waals surface area contributed by atoms with Crippen LogP contribution < -0.4 is 5.32 Å². The van der Waals surface area contributed by atoms with Crippen molar-refractivity contribution in [3.63, 3.8) is 0 Å². The number of nitriles is 1. The van der Waals surface area contributed by atoms with Crippen LogP contribution in [0.2, 0.25) is 0 Å². The number of amides is 2. The zero-order valence-electron chi connectivity index (χ0n) is 17.3. The summed E-state index contributed by atoms with van der Waals surface area (Å²) < 4.78 is 10.8. The number of nitrogens with one attached hydrogen (secondary N) is 1. The average Bonchev–Trinajstić information content (AvgIpc) is 3.32. The first-order valence-corrected chi connectivity index (χ1v) is 10.7. The van der Waals surface area contributed by atoms with Crippen LogP contribution in [-0.2, 0) is 22.4 Å². The van der Waals surface area contributed by atoms with Gasteiger partial charge in [-0.1, -0.05) is 13.8 Å². The molecule has 0 radical (unpaired) electrons. The number of nitrogens with zero attached hydrogens (tertiary/aromatic N) is 2. The molecule has 0 spiro atoms. The summed E-state index contributed by atoms with van der Waals surface area (Å²) in [6.07, 6.45) is 5.75. The fraction of sp³-hybridized carbons (Fsp3) is 0.409. The summed E-state index contributed by atoms with van der Waals surface area (Å²) in [6, 6.07) is 5.69. The van der Waals surface area contributed by atoms with Crippen molar-refractivity contribution in [2.24, 2.45) is 5.92 Å². The molecule has 8 heteroatoms. The van der Waals surface area contributed by atoms with Crippen LogP contribution in [-0.4, -0.2) is 36.6 Å². The molecule has 30 heavy (non-hydrogen) atoms. The van der Waals surface area contributed by atoms with Gasteiger partial charge >= 0.3 is 6.09 Å². The van der Waals surface area contributed by atoms with Gasteiger partial charge in [0.25, 0.3) is 0 Å². The number of anilines is 1. The third-order valence-electron chi connectivity index (χ3n) is 4.73. The molecule has 0 saturated carbocycles. The Morgan fingerprint density at radius 2 is 2.30 bits per heavy atom. The van der Waals surface area contributed by atoms with E-state index in [1.54, 1.807) is 30.2 Å². The lowest BCUT2D eigenvalue weighted by molar-refractivity contribution is -0.111. The first-order valence-electron chi connectivity index (χ1n) is 9.86. The minimum Gasteiger partial charge on any atom is -0.465 e. The number of carbonyl (C=O) groups is 2. The maximum Gasteiger partial charge on any atom is 0.409 e. The third-order valence-corrected chi connectivity index (χ3v) is 5.90. The van der Waals surface area contributed by atoms with Crippen LogP contribution in [0.3, 0.4) is 0 Å². The predicted molar refractivity (Wildman–Crippen MR) is 115 cm³/mol. The Balaban J connectivity index is 1.66. The van der Waals surface area contributed by atoms with Gasteiger partial charge in [0.05, 0.1) is 11.8 Å². The molecule has 1 N–H and O–H groups in total. The highest BCUT2D eigenvalue weighted by atomic mass is 32.1. The van der Waals surface area contributed by atoms with Crippen molar-refractivity contribution in [1.82, 2.24) is 4.90 Å². The van der Waals surface area contributed by atoms with Gasteiger partial charge in [-0.25, -0.2) is 4.79 Å². The second kappa shape index (κ2) is 9.63. The molecule has 0 aliphatic heterocycles. The Bertz CT molecular complexity index is 969. The Morgan fingerprint density at radius 1 is 1.50 bits per heavy atom. The largest absolute Gasteiger partial charge is 0.465 e. The van der Waals surface area contributed by atoms with Crippen molar-refractivity contribution in [3.05, 3.63) is 46.2 Å². The van der Waals surface area contributed by atoms with Crippen LogP contribution in [0.25, 0.3) is 6.08 Å². The molecule has 1 atom stereocenters. The van der Waals surface area contributed by atoms with E-state index in [1.165, 1.54) is 23.7 Å². The minimum absolute atomic E-state index is 0.229. The molecule has 1 unspecified atom stereocenters. The SMILES string of the molecule is CC(C)CN(C)C(=O)OC1CCc2c(sc(NC(=O)C=Cc3ccco3)c2C#N)C1. The zero-order valence-corrected chi connectivity index (χ0v) is 18.1. The van der Waals surface area contributed by atoms with E-state index in [9.17, 15) is 14.9 Å². The quantitative estimate of drug-likeness (QED) is 0.687. The van der Waals surface area contributed by atoms with E-state index in [-0.39, 0.29) is 18.1 Å². The van der Waals surface area contributed by atoms with Crippen LogP contribution in [0.5, 0.6) is 0 Å². The van der Waals surface area contributed by atoms with Crippen molar-refractivity contribution in [2.45, 2.75) is 39.2 Å². The van der Waals surface area contributed by atoms with Crippen LogP contribution in [0, 0.1) is 17.2 Å². The second-order valence-corrected chi connectivity index (χ2v) is 8.79. The summed E-state index contributed by atoms with van der Waals surface area (Å²) >= 11 is 1.37. The fourth-order valence-corrected chi connectivity index (χ4v) is 4.68. The van der Waals surface area contributed by atoms with Crippen LogP contribution in [0.15, 0.2) is 28.9 Å². The molecule has 3 rings (SSSR count). The standard InChI is InChI=1S/C22H25N3O4S/c1-14(2)13-25(3)22(27)29-16-6-8-17-18(12-23)21(30-19(17)11-16)24-20(26)9-7-15-5-4-10-28-15/h4-5,7,9-10,14,16H,6,8,11,13H2,1-3H3,(H,24,26). The van der Waals surface area contributed by atoms with Gasteiger partial charge in [-0.15, -0.1) is 11.3 Å². The number of hydrogen-bond acceptors (Lipinski definition) is 6. The summed E-state index contributed by atoms with van der Waals surface area (Å²) in [5.41, 5.74) is 1.44. The van der Waals surface area contributed by atoms with Crippen molar-refractivity contribution in [2.75, 3.05) is 18.9 Å². The number of carbonyl (C=O) groups excluding carboxylic acids is 2. The minimum atomic E-state index is -0.334. The number of rotatable bonds is 6. The topological polar surface area (TPSA) is 95.6 Å². The van der Waals surface area contributed by atoms with E-state index in [0.717, 1.165) is 10.4 Å². The molecule has 0 aromatic carbocycles. The molecule has 0 bridgehead atoms. The maximum atomic E-state index is 12.3. The van der Waals surface area contributed by atoms with Crippen molar-refractivity contribution >= 4 is 34.4 Å². The Labute approximate surface area is 179 Å². The number of ether oxygens (including phenoxy) is 1. The first-order chi connectivity index (χ1) is 14.4. The van der Waals surface area contributed by atoms with Crippen molar-refractivity contribution in [1.29, 1.82) is 5.26 Å². The van der Waals surface area contributed by atoms with E-state index in [0.29, 0.717) is 48.0 Å². The Hall–Kier alpha value is -3.05. The van der Waals surface area contributed by atoms with Crippen LogP contribution in [0.1, 0.15) is 42.0 Å². The third kappa shape index (κ3) is 5.30. The summed E-state index contributed by atoms with van der Waals surface area (Å²) in [5.74, 6) is 0.604. The van der Waals surface area contributed by atoms with E-state index in [2.05, 4.69) is 11.4 Å². The number of fused-ring (bicyclic) bond motifs is 1. The molecular weight excluding hydrogens is 402 g/mol. The van der Waals surface area contributed by atoms with E-state index in [4.69, 9.17) is 9.15 Å². The lowest BCUT2D eigenvalue weighted by atomic mass is 9.94. The first kappa shape index (κ1) is 21.7.